The highest BCUT2D eigenvalue weighted by atomic mass is 32.1. The summed E-state index contributed by atoms with van der Waals surface area (Å²) in [6.07, 6.45) is 5.83. The number of ether oxygens (including phenoxy) is 1. The number of nitrogens with zero attached hydrogens (tertiary/aromatic N) is 4. The summed E-state index contributed by atoms with van der Waals surface area (Å²) < 4.78 is 5.32. The van der Waals surface area contributed by atoms with Crippen molar-refractivity contribution in [3.05, 3.63) is 16.0 Å². The van der Waals surface area contributed by atoms with E-state index in [2.05, 4.69) is 16.3 Å². The number of thiophene rings is 1. The van der Waals surface area contributed by atoms with Gasteiger partial charge in [-0.2, -0.15) is 5.26 Å². The maximum atomic E-state index is 12.6. The number of nitrogens with one attached hydrogen (secondary N) is 1. The Labute approximate surface area is 187 Å². The fourth-order valence-electron chi connectivity index (χ4n) is 4.52. The third kappa shape index (κ3) is 5.37. The zero-order valence-electron chi connectivity index (χ0n) is 18.0. The van der Waals surface area contributed by atoms with Gasteiger partial charge in [0, 0.05) is 57.1 Å². The number of piperazine rings is 1. The van der Waals surface area contributed by atoms with Crippen LogP contribution in [0.5, 0.6) is 0 Å². The molecule has 1 aliphatic carbocycles. The lowest BCUT2D eigenvalue weighted by Crippen LogP contribution is -2.54. The van der Waals surface area contributed by atoms with Crippen molar-refractivity contribution < 1.29 is 14.3 Å². The van der Waals surface area contributed by atoms with Gasteiger partial charge in [-0.1, -0.05) is 6.42 Å². The van der Waals surface area contributed by atoms with Crippen molar-refractivity contribution >= 4 is 28.3 Å². The summed E-state index contributed by atoms with van der Waals surface area (Å²) in [6, 6.07) is 2.42. The summed E-state index contributed by atoms with van der Waals surface area (Å²) in [5.41, 5.74) is 1.83. The number of carbonyl (C=O) groups is 2. The Morgan fingerprint density at radius 3 is 2.45 bits per heavy atom. The Hall–Kier alpha value is -2.15. The Kier molecular flexibility index (Phi) is 7.43. The van der Waals surface area contributed by atoms with Crippen LogP contribution in [0.25, 0.3) is 0 Å². The molecule has 0 atom stereocenters. The monoisotopic (exact) mass is 445 g/mol. The first kappa shape index (κ1) is 22.1. The Morgan fingerprint density at radius 1 is 1.00 bits per heavy atom. The van der Waals surface area contributed by atoms with Crippen molar-refractivity contribution in [1.29, 1.82) is 5.26 Å². The lowest BCUT2D eigenvalue weighted by molar-refractivity contribution is -0.116. The number of fused-ring (bicyclic) bond motifs is 1. The normalized spacial score (nSPS) is 20.0. The summed E-state index contributed by atoms with van der Waals surface area (Å²) in [5, 5.41) is 13.3. The van der Waals surface area contributed by atoms with Crippen LogP contribution in [0.3, 0.4) is 0 Å². The van der Waals surface area contributed by atoms with E-state index in [1.54, 1.807) is 11.3 Å². The van der Waals surface area contributed by atoms with Crippen molar-refractivity contribution in [3.8, 4) is 6.07 Å². The Morgan fingerprint density at radius 2 is 1.71 bits per heavy atom. The molecule has 1 N–H and O–H groups in total. The quantitative estimate of drug-likeness (QED) is 0.719. The van der Waals surface area contributed by atoms with Crippen molar-refractivity contribution in [1.82, 2.24) is 14.7 Å². The van der Waals surface area contributed by atoms with Gasteiger partial charge < -0.3 is 19.9 Å². The van der Waals surface area contributed by atoms with Crippen LogP contribution in [0.2, 0.25) is 0 Å². The molecular formula is C22H31N5O3S. The second-order valence-electron chi connectivity index (χ2n) is 8.39. The van der Waals surface area contributed by atoms with E-state index in [9.17, 15) is 14.9 Å². The average molecular weight is 446 g/mol. The van der Waals surface area contributed by atoms with Crippen LogP contribution in [-0.2, 0) is 22.4 Å². The molecule has 2 saturated heterocycles. The maximum absolute atomic E-state index is 12.6. The van der Waals surface area contributed by atoms with Gasteiger partial charge in [0.25, 0.3) is 0 Å². The Bertz CT molecular complexity index is 835. The standard InChI is InChI=1S/C22H31N5O3S/c23-16-18-17-4-2-1-3-5-19(17)31-21(18)24-20(28)6-7-25-8-10-26(11-9-25)22(29)27-12-14-30-15-13-27/h1-15H2,(H,24,28). The molecule has 3 amide bonds. The molecule has 168 valence electrons. The molecule has 0 aromatic carbocycles. The highest BCUT2D eigenvalue weighted by molar-refractivity contribution is 7.16. The number of nitriles is 1. The molecule has 9 heteroatoms. The molecule has 4 rings (SSSR count). The lowest BCUT2D eigenvalue weighted by atomic mass is 10.1. The minimum absolute atomic E-state index is 0.0419. The lowest BCUT2D eigenvalue weighted by Gasteiger charge is -2.38. The Balaban J connectivity index is 1.23. The highest BCUT2D eigenvalue weighted by Gasteiger charge is 2.27. The topological polar surface area (TPSA) is 88.9 Å². The predicted octanol–water partition coefficient (Wildman–Crippen LogP) is 2.29. The first-order valence-electron chi connectivity index (χ1n) is 11.3. The number of urea groups is 1. The van der Waals surface area contributed by atoms with E-state index in [1.165, 1.54) is 11.3 Å². The molecule has 1 aromatic heterocycles. The number of hydrogen-bond donors (Lipinski definition) is 1. The van der Waals surface area contributed by atoms with E-state index in [-0.39, 0.29) is 11.9 Å². The third-order valence-electron chi connectivity index (χ3n) is 6.37. The molecule has 2 aliphatic heterocycles. The van der Waals surface area contributed by atoms with E-state index in [4.69, 9.17) is 4.74 Å². The molecule has 3 heterocycles. The van der Waals surface area contributed by atoms with Crippen LogP contribution in [0, 0.1) is 11.3 Å². The van der Waals surface area contributed by atoms with E-state index in [0.717, 1.165) is 49.3 Å². The van der Waals surface area contributed by atoms with Crippen molar-refractivity contribution in [2.45, 2.75) is 38.5 Å². The summed E-state index contributed by atoms with van der Waals surface area (Å²) >= 11 is 1.58. The van der Waals surface area contributed by atoms with Gasteiger partial charge in [0.05, 0.1) is 18.8 Å². The highest BCUT2D eigenvalue weighted by Crippen LogP contribution is 2.37. The zero-order chi connectivity index (χ0) is 21.6. The number of rotatable bonds is 4. The molecule has 8 nitrogen and oxygen atoms in total. The van der Waals surface area contributed by atoms with Gasteiger partial charge in [0.1, 0.15) is 11.1 Å². The molecule has 0 radical (unpaired) electrons. The fraction of sp³-hybridized carbons (Fsp3) is 0.682. The van der Waals surface area contributed by atoms with Gasteiger partial charge in [-0.3, -0.25) is 9.69 Å². The van der Waals surface area contributed by atoms with Gasteiger partial charge in [-0.15, -0.1) is 11.3 Å². The number of aryl methyl sites for hydroxylation is 1. The second kappa shape index (κ2) is 10.4. The number of morpholine rings is 1. The SMILES string of the molecule is N#Cc1c(NC(=O)CCN2CCN(C(=O)N3CCOCC3)CC2)sc2c1CCCCC2. The van der Waals surface area contributed by atoms with E-state index < -0.39 is 0 Å². The van der Waals surface area contributed by atoms with Gasteiger partial charge in [-0.25, -0.2) is 4.79 Å². The minimum Gasteiger partial charge on any atom is -0.378 e. The largest absolute Gasteiger partial charge is 0.378 e. The average Bonchev–Trinajstić information content (AvgIpc) is 2.96. The molecule has 0 unspecified atom stereocenters. The van der Waals surface area contributed by atoms with Crippen molar-refractivity contribution in [2.75, 3.05) is 64.3 Å². The molecule has 3 aliphatic rings. The van der Waals surface area contributed by atoms with Crippen LogP contribution in [0.1, 0.15) is 41.7 Å². The van der Waals surface area contributed by atoms with Crippen LogP contribution in [-0.4, -0.2) is 85.7 Å². The summed E-state index contributed by atoms with van der Waals surface area (Å²) in [4.78, 5) is 32.4. The molecule has 1 aromatic rings. The van der Waals surface area contributed by atoms with Gasteiger partial charge in [0.15, 0.2) is 0 Å². The van der Waals surface area contributed by atoms with E-state index in [0.29, 0.717) is 57.9 Å². The number of carbonyl (C=O) groups excluding carboxylic acids is 2. The maximum Gasteiger partial charge on any atom is 0.320 e. The number of hydrogen-bond acceptors (Lipinski definition) is 6. The van der Waals surface area contributed by atoms with E-state index in [1.807, 2.05) is 9.80 Å². The molecule has 0 bridgehead atoms. The van der Waals surface area contributed by atoms with Crippen molar-refractivity contribution in [3.63, 3.8) is 0 Å². The summed E-state index contributed by atoms with van der Waals surface area (Å²) in [7, 11) is 0. The zero-order valence-corrected chi connectivity index (χ0v) is 18.8. The van der Waals surface area contributed by atoms with Gasteiger partial charge in [-0.05, 0) is 31.2 Å². The second-order valence-corrected chi connectivity index (χ2v) is 9.49. The van der Waals surface area contributed by atoms with Crippen LogP contribution >= 0.6 is 11.3 Å². The van der Waals surface area contributed by atoms with Crippen LogP contribution in [0.15, 0.2) is 0 Å². The van der Waals surface area contributed by atoms with Gasteiger partial charge >= 0.3 is 6.03 Å². The molecular weight excluding hydrogens is 414 g/mol. The van der Waals surface area contributed by atoms with Crippen molar-refractivity contribution in [2.24, 2.45) is 0 Å². The smallest absolute Gasteiger partial charge is 0.320 e. The molecule has 2 fully saturated rings. The van der Waals surface area contributed by atoms with Crippen LogP contribution < -0.4 is 5.32 Å². The third-order valence-corrected chi connectivity index (χ3v) is 7.57. The van der Waals surface area contributed by atoms with Crippen LogP contribution in [0.4, 0.5) is 9.80 Å². The minimum atomic E-state index is -0.0419. The van der Waals surface area contributed by atoms with E-state index >= 15 is 0 Å². The summed E-state index contributed by atoms with van der Waals surface area (Å²) in [6.45, 7) is 6.15. The first-order chi connectivity index (χ1) is 15.2. The molecule has 31 heavy (non-hydrogen) atoms. The predicted molar refractivity (Wildman–Crippen MR) is 119 cm³/mol. The molecule has 0 spiro atoms. The number of anilines is 1. The first-order valence-corrected chi connectivity index (χ1v) is 12.2. The molecule has 0 saturated carbocycles. The fourth-order valence-corrected chi connectivity index (χ4v) is 5.77. The summed E-state index contributed by atoms with van der Waals surface area (Å²) in [5.74, 6) is -0.0419. The number of amides is 3. The van der Waals surface area contributed by atoms with Gasteiger partial charge in [0.2, 0.25) is 5.91 Å².